The van der Waals surface area contributed by atoms with Gasteiger partial charge in [0.25, 0.3) is 0 Å². The number of rotatable bonds is 6. The second kappa shape index (κ2) is 12.5. The van der Waals surface area contributed by atoms with Gasteiger partial charge in [-0.3, -0.25) is 4.99 Å². The number of halogens is 1. The Balaban J connectivity index is 0.00000261. The van der Waals surface area contributed by atoms with E-state index in [2.05, 4.69) is 27.4 Å². The topological polar surface area (TPSA) is 48.9 Å². The fourth-order valence-electron chi connectivity index (χ4n) is 4.96. The van der Waals surface area contributed by atoms with Crippen LogP contribution in [0.5, 0.6) is 0 Å². The molecule has 3 unspecified atom stereocenters. The predicted molar refractivity (Wildman–Crippen MR) is 124 cm³/mol. The highest BCUT2D eigenvalue weighted by Crippen LogP contribution is 2.30. The highest BCUT2D eigenvalue weighted by Gasteiger charge is 2.24. The molecule has 2 aliphatic heterocycles. The summed E-state index contributed by atoms with van der Waals surface area (Å²) in [6, 6.07) is 0.562. The predicted octanol–water partition coefficient (Wildman–Crippen LogP) is 3.49. The molecule has 1 saturated carbocycles. The Labute approximate surface area is 183 Å². The molecule has 0 bridgehead atoms. The standard InChI is InChI=1S/C21H40N4O.HI/c1-17-4-3-5-18(14-17)6-10-23-21(22-2)24-20-7-11-25(12-8-20)15-19-9-13-26-16-19;/h17-20H,3-16H2,1-2H3,(H2,22,23,24);1H. The molecule has 0 spiro atoms. The SMILES string of the molecule is CN=C(NCCC1CCCC(C)C1)NC1CCN(CC2CCOC2)CC1.I. The Morgan fingerprint density at radius 1 is 1.11 bits per heavy atom. The number of nitrogens with zero attached hydrogens (tertiary/aromatic N) is 2. The van der Waals surface area contributed by atoms with Gasteiger partial charge < -0.3 is 20.3 Å². The van der Waals surface area contributed by atoms with E-state index in [9.17, 15) is 0 Å². The number of ether oxygens (including phenoxy) is 1. The maximum absolute atomic E-state index is 5.51. The van der Waals surface area contributed by atoms with Crippen molar-refractivity contribution in [2.45, 2.75) is 64.3 Å². The van der Waals surface area contributed by atoms with E-state index < -0.39 is 0 Å². The van der Waals surface area contributed by atoms with Crippen LogP contribution in [0.25, 0.3) is 0 Å². The van der Waals surface area contributed by atoms with Gasteiger partial charge in [0.1, 0.15) is 0 Å². The van der Waals surface area contributed by atoms with E-state index in [4.69, 9.17) is 4.74 Å². The number of hydrogen-bond acceptors (Lipinski definition) is 3. The first-order valence-corrected chi connectivity index (χ1v) is 11.0. The normalized spacial score (nSPS) is 30.7. The summed E-state index contributed by atoms with van der Waals surface area (Å²) in [7, 11) is 1.90. The Morgan fingerprint density at radius 2 is 1.93 bits per heavy atom. The van der Waals surface area contributed by atoms with Crippen molar-refractivity contribution in [1.29, 1.82) is 0 Å². The molecule has 3 aliphatic rings. The molecular formula is C21H41IN4O. The third-order valence-corrected chi connectivity index (χ3v) is 6.58. The van der Waals surface area contributed by atoms with E-state index in [1.807, 2.05) is 7.05 Å². The van der Waals surface area contributed by atoms with Crippen LogP contribution in [-0.2, 0) is 4.74 Å². The summed E-state index contributed by atoms with van der Waals surface area (Å²) in [6.45, 7) is 9.01. The van der Waals surface area contributed by atoms with Crippen molar-refractivity contribution in [1.82, 2.24) is 15.5 Å². The summed E-state index contributed by atoms with van der Waals surface area (Å²) in [5, 5.41) is 7.21. The van der Waals surface area contributed by atoms with E-state index in [0.717, 1.165) is 43.5 Å². The van der Waals surface area contributed by atoms with E-state index >= 15 is 0 Å². The van der Waals surface area contributed by atoms with Gasteiger partial charge in [-0.2, -0.15) is 0 Å². The van der Waals surface area contributed by atoms with E-state index in [0.29, 0.717) is 6.04 Å². The molecule has 0 aromatic carbocycles. The van der Waals surface area contributed by atoms with Crippen LogP contribution in [0.15, 0.2) is 4.99 Å². The summed E-state index contributed by atoms with van der Waals surface area (Å²) in [4.78, 5) is 7.07. The zero-order valence-electron chi connectivity index (χ0n) is 17.4. The molecule has 3 atom stereocenters. The Morgan fingerprint density at radius 3 is 2.59 bits per heavy atom. The average molecular weight is 492 g/mol. The first-order valence-electron chi connectivity index (χ1n) is 11.0. The van der Waals surface area contributed by atoms with Crippen molar-refractivity contribution in [2.75, 3.05) is 46.4 Å². The van der Waals surface area contributed by atoms with Crippen LogP contribution in [-0.4, -0.2) is 63.3 Å². The summed E-state index contributed by atoms with van der Waals surface area (Å²) in [5.41, 5.74) is 0. The van der Waals surface area contributed by atoms with Crippen LogP contribution in [0.1, 0.15) is 58.3 Å². The zero-order valence-corrected chi connectivity index (χ0v) is 19.8. The smallest absolute Gasteiger partial charge is 0.191 e. The third kappa shape index (κ3) is 8.05. The van der Waals surface area contributed by atoms with Crippen molar-refractivity contribution in [3.8, 4) is 0 Å². The van der Waals surface area contributed by atoms with Gasteiger partial charge in [-0.1, -0.05) is 26.2 Å². The van der Waals surface area contributed by atoms with E-state index in [1.165, 1.54) is 71.0 Å². The lowest BCUT2D eigenvalue weighted by molar-refractivity contribution is 0.150. The van der Waals surface area contributed by atoms with Crippen molar-refractivity contribution in [3.05, 3.63) is 0 Å². The van der Waals surface area contributed by atoms with Gasteiger partial charge >= 0.3 is 0 Å². The van der Waals surface area contributed by atoms with Crippen LogP contribution in [0, 0.1) is 17.8 Å². The quantitative estimate of drug-likeness (QED) is 0.339. The first kappa shape index (κ1) is 23.2. The minimum atomic E-state index is 0. The third-order valence-electron chi connectivity index (χ3n) is 6.58. The molecule has 6 heteroatoms. The highest BCUT2D eigenvalue weighted by atomic mass is 127. The largest absolute Gasteiger partial charge is 0.381 e. The van der Waals surface area contributed by atoms with Gasteiger partial charge in [-0.15, -0.1) is 24.0 Å². The van der Waals surface area contributed by atoms with Gasteiger partial charge in [0.15, 0.2) is 5.96 Å². The zero-order chi connectivity index (χ0) is 18.2. The van der Waals surface area contributed by atoms with E-state index in [1.54, 1.807) is 0 Å². The molecule has 158 valence electrons. The fourth-order valence-corrected chi connectivity index (χ4v) is 4.96. The van der Waals surface area contributed by atoms with Gasteiger partial charge in [0.05, 0.1) is 6.61 Å². The van der Waals surface area contributed by atoms with Crippen LogP contribution >= 0.6 is 24.0 Å². The van der Waals surface area contributed by atoms with Crippen molar-refractivity contribution >= 4 is 29.9 Å². The minimum Gasteiger partial charge on any atom is -0.381 e. The molecule has 3 rings (SSSR count). The summed E-state index contributed by atoms with van der Waals surface area (Å²) in [5.74, 6) is 3.59. The molecule has 27 heavy (non-hydrogen) atoms. The summed E-state index contributed by atoms with van der Waals surface area (Å²) in [6.07, 6.45) is 10.6. The van der Waals surface area contributed by atoms with Crippen molar-refractivity contribution < 1.29 is 4.74 Å². The Bertz CT molecular complexity index is 434. The van der Waals surface area contributed by atoms with Gasteiger partial charge in [0.2, 0.25) is 0 Å². The molecule has 1 aliphatic carbocycles. The first-order chi connectivity index (χ1) is 12.7. The van der Waals surface area contributed by atoms with E-state index in [-0.39, 0.29) is 24.0 Å². The number of guanidine groups is 1. The molecule has 5 nitrogen and oxygen atoms in total. The molecule has 0 aromatic heterocycles. The molecule has 0 amide bonds. The number of likely N-dealkylation sites (tertiary alicyclic amines) is 1. The summed E-state index contributed by atoms with van der Waals surface area (Å²) < 4.78 is 5.51. The molecule has 0 aromatic rings. The monoisotopic (exact) mass is 492 g/mol. The lowest BCUT2D eigenvalue weighted by Gasteiger charge is -2.34. The van der Waals surface area contributed by atoms with Crippen LogP contribution < -0.4 is 10.6 Å². The molecule has 2 heterocycles. The molecular weight excluding hydrogens is 451 g/mol. The van der Waals surface area contributed by atoms with Crippen molar-refractivity contribution in [3.63, 3.8) is 0 Å². The van der Waals surface area contributed by atoms with Crippen LogP contribution in [0.4, 0.5) is 0 Å². The van der Waals surface area contributed by atoms with Gasteiger partial charge in [-0.25, -0.2) is 0 Å². The van der Waals surface area contributed by atoms with Crippen molar-refractivity contribution in [2.24, 2.45) is 22.7 Å². The summed E-state index contributed by atoms with van der Waals surface area (Å²) >= 11 is 0. The van der Waals surface area contributed by atoms with Gasteiger partial charge in [-0.05, 0) is 49.9 Å². The molecule has 0 radical (unpaired) electrons. The fraction of sp³-hybridized carbons (Fsp3) is 0.952. The Hall–Kier alpha value is -0.0800. The lowest BCUT2D eigenvalue weighted by atomic mass is 9.81. The minimum absolute atomic E-state index is 0. The average Bonchev–Trinajstić information content (AvgIpc) is 3.15. The van der Waals surface area contributed by atoms with Crippen LogP contribution in [0.3, 0.4) is 0 Å². The maximum atomic E-state index is 5.51. The molecule has 2 N–H and O–H groups in total. The molecule has 3 fully saturated rings. The second-order valence-electron chi connectivity index (χ2n) is 8.87. The maximum Gasteiger partial charge on any atom is 0.191 e. The number of piperidine rings is 1. The number of nitrogens with one attached hydrogen (secondary N) is 2. The molecule has 2 saturated heterocycles. The second-order valence-corrected chi connectivity index (χ2v) is 8.87. The Kier molecular flexibility index (Phi) is 10.7. The van der Waals surface area contributed by atoms with Crippen LogP contribution in [0.2, 0.25) is 0 Å². The highest BCUT2D eigenvalue weighted by molar-refractivity contribution is 14.0. The van der Waals surface area contributed by atoms with Gasteiger partial charge in [0, 0.05) is 45.9 Å². The number of aliphatic imine (C=N–C) groups is 1. The number of hydrogen-bond donors (Lipinski definition) is 2. The lowest BCUT2D eigenvalue weighted by Crippen LogP contribution is -2.49.